The topological polar surface area (TPSA) is 131 Å². The van der Waals surface area contributed by atoms with Gasteiger partial charge in [0.15, 0.2) is 0 Å². The molecular weight excluding hydrogens is 454 g/mol. The van der Waals surface area contributed by atoms with E-state index in [1.807, 2.05) is 0 Å². The van der Waals surface area contributed by atoms with Crippen molar-refractivity contribution in [1.82, 2.24) is 4.72 Å². The van der Waals surface area contributed by atoms with E-state index in [1.54, 1.807) is 36.4 Å². The van der Waals surface area contributed by atoms with E-state index < -0.39 is 26.0 Å². The quantitative estimate of drug-likeness (QED) is 0.459. The van der Waals surface area contributed by atoms with Gasteiger partial charge in [-0.1, -0.05) is 24.3 Å². The summed E-state index contributed by atoms with van der Waals surface area (Å²) in [5.74, 6) is 0.0104. The zero-order chi connectivity index (χ0) is 23.4. The Bertz CT molecular complexity index is 1360. The van der Waals surface area contributed by atoms with Crippen molar-refractivity contribution in [2.24, 2.45) is 0 Å². The lowest BCUT2D eigenvalue weighted by Gasteiger charge is -2.14. The number of hydrogen-bond donors (Lipinski definition) is 3. The Labute approximate surface area is 186 Å². The third-order valence-electron chi connectivity index (χ3n) is 4.44. The minimum Gasteiger partial charge on any atom is -0.497 e. The number of anilines is 2. The average molecular weight is 476 g/mol. The summed E-state index contributed by atoms with van der Waals surface area (Å²) in [6, 6.07) is 17.7. The summed E-state index contributed by atoms with van der Waals surface area (Å²) >= 11 is 0. The van der Waals surface area contributed by atoms with Crippen molar-refractivity contribution in [3.63, 3.8) is 0 Å². The minimum atomic E-state index is -4.19. The van der Waals surface area contributed by atoms with Crippen LogP contribution in [0.15, 0.2) is 82.6 Å². The number of rotatable bonds is 8. The summed E-state index contributed by atoms with van der Waals surface area (Å²) in [4.78, 5) is 12.3. The second-order valence-corrected chi connectivity index (χ2v) is 10.1. The summed E-state index contributed by atoms with van der Waals surface area (Å²) < 4.78 is 59.5. The van der Waals surface area contributed by atoms with Gasteiger partial charge >= 0.3 is 0 Å². The molecule has 0 aliphatic heterocycles. The molecule has 0 unspecified atom stereocenters. The van der Waals surface area contributed by atoms with E-state index in [-0.39, 0.29) is 21.0 Å². The van der Waals surface area contributed by atoms with Gasteiger partial charge in [0.1, 0.15) is 5.75 Å². The van der Waals surface area contributed by atoms with Crippen LogP contribution in [0.4, 0.5) is 11.4 Å². The molecule has 0 aromatic heterocycles. The van der Waals surface area contributed by atoms with Crippen molar-refractivity contribution < 1.29 is 26.4 Å². The number of amides is 1. The monoisotopic (exact) mass is 475 g/mol. The molecule has 0 spiro atoms. The molecule has 3 rings (SSSR count). The maximum Gasteiger partial charge on any atom is 0.261 e. The fourth-order valence-electron chi connectivity index (χ4n) is 2.80. The molecule has 0 saturated carbocycles. The molecule has 0 saturated heterocycles. The van der Waals surface area contributed by atoms with E-state index in [1.165, 1.54) is 44.5 Å². The molecule has 3 N–H and O–H groups in total. The van der Waals surface area contributed by atoms with Crippen molar-refractivity contribution in [1.29, 1.82) is 0 Å². The SMILES string of the molecule is CNS(=O)(=O)c1cccc(S(=O)(=O)Nc2ccccc2C(=O)Nc2cccc(OC)c2)c1. The van der Waals surface area contributed by atoms with Gasteiger partial charge in [-0.15, -0.1) is 0 Å². The minimum absolute atomic E-state index is 0.0368. The van der Waals surface area contributed by atoms with Crippen molar-refractivity contribution in [3.8, 4) is 5.75 Å². The number of hydrogen-bond acceptors (Lipinski definition) is 6. The van der Waals surface area contributed by atoms with Crippen LogP contribution in [0.25, 0.3) is 0 Å². The third-order valence-corrected chi connectivity index (χ3v) is 7.21. The number of nitrogens with one attached hydrogen (secondary N) is 3. The number of benzene rings is 3. The first kappa shape index (κ1) is 23.3. The molecule has 9 nitrogen and oxygen atoms in total. The molecule has 1 amide bonds. The molecule has 32 heavy (non-hydrogen) atoms. The molecule has 0 heterocycles. The summed E-state index contributed by atoms with van der Waals surface area (Å²) in [5.41, 5.74) is 0.588. The van der Waals surface area contributed by atoms with Gasteiger partial charge in [-0.25, -0.2) is 21.6 Å². The first-order chi connectivity index (χ1) is 15.2. The Morgan fingerprint density at radius 2 is 1.47 bits per heavy atom. The summed E-state index contributed by atoms with van der Waals surface area (Å²) in [7, 11) is -5.29. The summed E-state index contributed by atoms with van der Waals surface area (Å²) in [6.45, 7) is 0. The van der Waals surface area contributed by atoms with E-state index in [0.29, 0.717) is 11.4 Å². The van der Waals surface area contributed by atoms with Crippen LogP contribution in [-0.2, 0) is 20.0 Å². The lowest BCUT2D eigenvalue weighted by Crippen LogP contribution is -2.20. The Hall–Kier alpha value is -3.41. The van der Waals surface area contributed by atoms with Gasteiger partial charge < -0.3 is 10.1 Å². The third kappa shape index (κ3) is 5.25. The molecule has 0 atom stereocenters. The van der Waals surface area contributed by atoms with Gasteiger partial charge in [0.05, 0.1) is 28.2 Å². The largest absolute Gasteiger partial charge is 0.497 e. The van der Waals surface area contributed by atoms with Crippen molar-refractivity contribution in [2.75, 3.05) is 24.2 Å². The Balaban J connectivity index is 1.90. The van der Waals surface area contributed by atoms with Crippen LogP contribution >= 0.6 is 0 Å². The van der Waals surface area contributed by atoms with Crippen LogP contribution < -0.4 is 19.5 Å². The van der Waals surface area contributed by atoms with Gasteiger partial charge in [0.25, 0.3) is 15.9 Å². The number of sulfonamides is 2. The van der Waals surface area contributed by atoms with Gasteiger partial charge in [-0.3, -0.25) is 9.52 Å². The van der Waals surface area contributed by atoms with Crippen LogP contribution in [0.2, 0.25) is 0 Å². The molecule has 0 radical (unpaired) electrons. The highest BCUT2D eigenvalue weighted by Gasteiger charge is 2.21. The average Bonchev–Trinajstić information content (AvgIpc) is 2.79. The fourth-order valence-corrected chi connectivity index (χ4v) is 4.77. The van der Waals surface area contributed by atoms with Gasteiger partial charge in [-0.05, 0) is 49.5 Å². The maximum absolute atomic E-state index is 12.9. The molecule has 0 aliphatic carbocycles. The lowest BCUT2D eigenvalue weighted by molar-refractivity contribution is 0.102. The van der Waals surface area contributed by atoms with Crippen LogP contribution in [0, 0.1) is 0 Å². The Morgan fingerprint density at radius 1 is 0.812 bits per heavy atom. The zero-order valence-corrected chi connectivity index (χ0v) is 18.8. The van der Waals surface area contributed by atoms with E-state index in [9.17, 15) is 21.6 Å². The fraction of sp³-hybridized carbons (Fsp3) is 0.0952. The molecule has 11 heteroatoms. The van der Waals surface area contributed by atoms with E-state index in [0.717, 1.165) is 6.07 Å². The highest BCUT2D eigenvalue weighted by Crippen LogP contribution is 2.24. The molecule has 3 aromatic carbocycles. The highest BCUT2D eigenvalue weighted by molar-refractivity contribution is 7.93. The van der Waals surface area contributed by atoms with E-state index >= 15 is 0 Å². The Kier molecular flexibility index (Phi) is 6.82. The highest BCUT2D eigenvalue weighted by atomic mass is 32.2. The predicted molar refractivity (Wildman–Crippen MR) is 121 cm³/mol. The molecule has 0 bridgehead atoms. The molecule has 0 fully saturated rings. The standard InChI is InChI=1S/C21H21N3O6S2/c1-22-31(26,27)17-9-6-10-18(14-17)32(28,29)24-20-12-4-3-11-19(20)21(25)23-15-7-5-8-16(13-15)30-2/h3-14,22,24H,1-2H3,(H,23,25). The first-order valence-electron chi connectivity index (χ1n) is 9.27. The van der Waals surface area contributed by atoms with Crippen molar-refractivity contribution in [2.45, 2.75) is 9.79 Å². The van der Waals surface area contributed by atoms with Gasteiger partial charge in [0.2, 0.25) is 10.0 Å². The van der Waals surface area contributed by atoms with Gasteiger partial charge in [-0.2, -0.15) is 0 Å². The second kappa shape index (κ2) is 9.39. The zero-order valence-electron chi connectivity index (χ0n) is 17.2. The number of carbonyl (C=O) groups excluding carboxylic acids is 1. The number of carbonyl (C=O) groups is 1. The number of ether oxygens (including phenoxy) is 1. The summed E-state index contributed by atoms with van der Waals surface area (Å²) in [5, 5.41) is 2.69. The normalized spacial score (nSPS) is 11.6. The van der Waals surface area contributed by atoms with E-state index in [4.69, 9.17) is 4.74 Å². The smallest absolute Gasteiger partial charge is 0.261 e. The Morgan fingerprint density at radius 3 is 2.16 bits per heavy atom. The second-order valence-electron chi connectivity index (χ2n) is 6.52. The van der Waals surface area contributed by atoms with Crippen molar-refractivity contribution >= 4 is 37.3 Å². The van der Waals surface area contributed by atoms with E-state index in [2.05, 4.69) is 14.8 Å². The maximum atomic E-state index is 12.9. The molecule has 168 valence electrons. The molecule has 0 aliphatic rings. The van der Waals surface area contributed by atoms with Crippen molar-refractivity contribution in [3.05, 3.63) is 78.4 Å². The van der Waals surface area contributed by atoms with Gasteiger partial charge in [0, 0.05) is 11.8 Å². The summed E-state index contributed by atoms with van der Waals surface area (Å²) in [6.07, 6.45) is 0. The lowest BCUT2D eigenvalue weighted by atomic mass is 10.1. The van der Waals surface area contributed by atoms with Crippen LogP contribution in [0.3, 0.4) is 0 Å². The number of methoxy groups -OCH3 is 1. The number of para-hydroxylation sites is 1. The molecule has 3 aromatic rings. The predicted octanol–water partition coefficient (Wildman–Crippen LogP) is 2.66. The van der Waals surface area contributed by atoms with Crippen LogP contribution in [0.1, 0.15) is 10.4 Å². The first-order valence-corrected chi connectivity index (χ1v) is 12.2. The molecular formula is C21H21N3O6S2. The van der Waals surface area contributed by atoms with Crippen LogP contribution in [0.5, 0.6) is 5.75 Å². The van der Waals surface area contributed by atoms with Crippen LogP contribution in [-0.4, -0.2) is 36.9 Å².